The summed E-state index contributed by atoms with van der Waals surface area (Å²) in [4.78, 5) is 15.6. The molecule has 2 aromatic rings. The third-order valence-corrected chi connectivity index (χ3v) is 3.27. The second kappa shape index (κ2) is 8.68. The number of hydrogen-bond donors (Lipinski definition) is 1. The average Bonchev–Trinajstić information content (AvgIpc) is 2.54. The van der Waals surface area contributed by atoms with E-state index in [1.807, 2.05) is 26.8 Å². The van der Waals surface area contributed by atoms with E-state index in [-0.39, 0.29) is 23.2 Å². The number of benzene rings is 1. The lowest BCUT2D eigenvalue weighted by molar-refractivity contribution is -0.137. The van der Waals surface area contributed by atoms with Crippen LogP contribution in [0.5, 0.6) is 0 Å². The highest BCUT2D eigenvalue weighted by atomic mass is 35.5. The summed E-state index contributed by atoms with van der Waals surface area (Å²) in [6.45, 7) is 5.80. The fraction of sp³-hybridized carbons (Fsp3) is 0.294. The van der Waals surface area contributed by atoms with Gasteiger partial charge in [-0.15, -0.1) is 0 Å². The summed E-state index contributed by atoms with van der Waals surface area (Å²) in [6.07, 6.45) is -3.81. The molecule has 1 amide bonds. The molecule has 0 radical (unpaired) electrons. The van der Waals surface area contributed by atoms with E-state index in [0.29, 0.717) is 11.8 Å². The monoisotopic (exact) mass is 358 g/mol. The first kappa shape index (κ1) is 20.0. The van der Waals surface area contributed by atoms with Gasteiger partial charge in [-0.1, -0.05) is 43.1 Å². The summed E-state index contributed by atoms with van der Waals surface area (Å²) in [5.74, 6) is -0.346. The Bertz CT molecular complexity index is 702. The summed E-state index contributed by atoms with van der Waals surface area (Å²) < 4.78 is 37.5. The summed E-state index contributed by atoms with van der Waals surface area (Å²) in [5, 5.41) is 2.43. The van der Waals surface area contributed by atoms with Crippen molar-refractivity contribution in [2.75, 3.05) is 0 Å². The first-order chi connectivity index (χ1) is 11.3. The van der Waals surface area contributed by atoms with Crippen LogP contribution in [0.1, 0.15) is 41.0 Å². The van der Waals surface area contributed by atoms with Gasteiger partial charge in [-0.3, -0.25) is 9.78 Å². The fourth-order valence-electron chi connectivity index (χ4n) is 1.80. The van der Waals surface area contributed by atoms with E-state index in [2.05, 4.69) is 10.3 Å². The fourth-order valence-corrected chi connectivity index (χ4v) is 2.04. The first-order valence-corrected chi connectivity index (χ1v) is 7.71. The van der Waals surface area contributed by atoms with Crippen LogP contribution < -0.4 is 5.32 Å². The Morgan fingerprint density at radius 2 is 1.92 bits per heavy atom. The van der Waals surface area contributed by atoms with Gasteiger partial charge >= 0.3 is 6.18 Å². The van der Waals surface area contributed by atoms with Crippen molar-refractivity contribution in [1.82, 2.24) is 10.3 Å². The highest BCUT2D eigenvalue weighted by Gasteiger charge is 2.31. The van der Waals surface area contributed by atoms with Gasteiger partial charge in [0, 0.05) is 11.8 Å². The molecular formula is C17H18ClF3N2O. The third kappa shape index (κ3) is 5.53. The molecule has 2 rings (SSSR count). The molecule has 0 unspecified atom stereocenters. The number of carbonyl (C=O) groups excluding carboxylic acids is 1. The molecule has 1 heterocycles. The zero-order chi connectivity index (χ0) is 18.3. The Balaban J connectivity index is 0.00000139. The zero-order valence-corrected chi connectivity index (χ0v) is 14.3. The molecule has 1 aromatic heterocycles. The molecule has 0 bridgehead atoms. The number of pyridine rings is 1. The second-order valence-electron chi connectivity index (χ2n) is 4.70. The predicted octanol–water partition coefficient (Wildman–Crippen LogP) is 5.02. The highest BCUT2D eigenvalue weighted by molar-refractivity contribution is 6.31. The van der Waals surface area contributed by atoms with Crippen LogP contribution >= 0.6 is 11.6 Å². The van der Waals surface area contributed by atoms with Gasteiger partial charge in [0.1, 0.15) is 0 Å². The number of rotatable bonds is 3. The molecule has 0 aliphatic carbocycles. The molecule has 0 aliphatic heterocycles. The molecule has 130 valence electrons. The highest BCUT2D eigenvalue weighted by Crippen LogP contribution is 2.30. The van der Waals surface area contributed by atoms with Crippen LogP contribution in [0.25, 0.3) is 0 Å². The van der Waals surface area contributed by atoms with Crippen molar-refractivity contribution in [2.24, 2.45) is 0 Å². The van der Waals surface area contributed by atoms with Crippen LogP contribution in [0.2, 0.25) is 5.02 Å². The van der Waals surface area contributed by atoms with Gasteiger partial charge in [0.2, 0.25) is 0 Å². The van der Waals surface area contributed by atoms with E-state index in [1.165, 1.54) is 0 Å². The van der Waals surface area contributed by atoms with Crippen LogP contribution in [0.15, 0.2) is 36.5 Å². The van der Waals surface area contributed by atoms with Gasteiger partial charge in [-0.05, 0) is 25.1 Å². The van der Waals surface area contributed by atoms with E-state index in [0.717, 1.165) is 11.6 Å². The Kier molecular flexibility index (Phi) is 7.22. The molecule has 7 heteroatoms. The predicted molar refractivity (Wildman–Crippen MR) is 87.9 cm³/mol. The summed E-state index contributed by atoms with van der Waals surface area (Å²) in [5.41, 5.74) is 0.642. The molecule has 1 aromatic carbocycles. The third-order valence-electron chi connectivity index (χ3n) is 2.94. The van der Waals surface area contributed by atoms with Crippen molar-refractivity contribution in [2.45, 2.75) is 33.5 Å². The van der Waals surface area contributed by atoms with E-state index < -0.39 is 11.7 Å². The molecule has 0 saturated carbocycles. The molecule has 0 aliphatic rings. The molecule has 0 fully saturated rings. The number of halogens is 4. The van der Waals surface area contributed by atoms with Crippen molar-refractivity contribution in [3.63, 3.8) is 0 Å². The number of nitrogens with one attached hydrogen (secondary N) is 1. The molecule has 0 atom stereocenters. The topological polar surface area (TPSA) is 42.0 Å². The number of amides is 1. The zero-order valence-electron chi connectivity index (χ0n) is 13.5. The lowest BCUT2D eigenvalue weighted by Crippen LogP contribution is -2.23. The number of aromatic nitrogens is 1. The number of nitrogens with zero attached hydrogens (tertiary/aromatic N) is 1. The SMILES string of the molecule is CC.Cc1cccc(C(=O)NCc2ncc(C(F)(F)F)cc2Cl)c1. The summed E-state index contributed by atoms with van der Waals surface area (Å²) >= 11 is 5.78. The van der Waals surface area contributed by atoms with Gasteiger partial charge in [0.25, 0.3) is 5.91 Å². The molecule has 0 spiro atoms. The minimum absolute atomic E-state index is 0.0518. The van der Waals surface area contributed by atoms with Crippen LogP contribution in [-0.4, -0.2) is 10.9 Å². The smallest absolute Gasteiger partial charge is 0.346 e. The minimum atomic E-state index is -4.50. The minimum Gasteiger partial charge on any atom is -0.346 e. The van der Waals surface area contributed by atoms with Gasteiger partial charge in [0.15, 0.2) is 0 Å². The Morgan fingerprint density at radius 3 is 2.46 bits per heavy atom. The lowest BCUT2D eigenvalue weighted by Gasteiger charge is -2.10. The standard InChI is InChI=1S/C15H12ClF3N2O.C2H6/c1-9-3-2-4-10(5-9)14(22)21-8-13-12(16)6-11(7-20-13)15(17,18)19;1-2/h2-7H,8H2,1H3,(H,21,22);1-2H3. The van der Waals surface area contributed by atoms with Gasteiger partial charge in [0.05, 0.1) is 22.8 Å². The number of aryl methyl sites for hydroxylation is 1. The second-order valence-corrected chi connectivity index (χ2v) is 5.11. The maximum atomic E-state index is 12.5. The first-order valence-electron chi connectivity index (χ1n) is 7.34. The van der Waals surface area contributed by atoms with Crippen LogP contribution in [0, 0.1) is 6.92 Å². The Morgan fingerprint density at radius 1 is 1.25 bits per heavy atom. The maximum absolute atomic E-state index is 12.5. The molecular weight excluding hydrogens is 341 g/mol. The Hall–Kier alpha value is -2.08. The average molecular weight is 359 g/mol. The largest absolute Gasteiger partial charge is 0.417 e. The molecule has 3 nitrogen and oxygen atoms in total. The number of alkyl halides is 3. The van der Waals surface area contributed by atoms with Gasteiger partial charge in [-0.2, -0.15) is 13.2 Å². The van der Waals surface area contributed by atoms with E-state index in [1.54, 1.807) is 18.2 Å². The van der Waals surface area contributed by atoms with Crippen molar-refractivity contribution in [3.05, 3.63) is 63.9 Å². The van der Waals surface area contributed by atoms with E-state index >= 15 is 0 Å². The Labute approximate surface area is 143 Å². The van der Waals surface area contributed by atoms with Crippen molar-refractivity contribution in [3.8, 4) is 0 Å². The lowest BCUT2D eigenvalue weighted by atomic mass is 10.1. The van der Waals surface area contributed by atoms with Crippen molar-refractivity contribution >= 4 is 17.5 Å². The summed E-state index contributed by atoms with van der Waals surface area (Å²) in [6, 6.07) is 7.74. The quantitative estimate of drug-likeness (QED) is 0.837. The van der Waals surface area contributed by atoms with Gasteiger partial charge < -0.3 is 5.32 Å². The van der Waals surface area contributed by atoms with Crippen LogP contribution in [0.4, 0.5) is 13.2 Å². The summed E-state index contributed by atoms with van der Waals surface area (Å²) in [7, 11) is 0. The molecule has 24 heavy (non-hydrogen) atoms. The van der Waals surface area contributed by atoms with E-state index in [4.69, 9.17) is 11.6 Å². The van der Waals surface area contributed by atoms with Crippen LogP contribution in [-0.2, 0) is 12.7 Å². The number of hydrogen-bond acceptors (Lipinski definition) is 2. The normalized spacial score (nSPS) is 10.6. The van der Waals surface area contributed by atoms with E-state index in [9.17, 15) is 18.0 Å². The van der Waals surface area contributed by atoms with Crippen molar-refractivity contribution in [1.29, 1.82) is 0 Å². The van der Waals surface area contributed by atoms with Crippen LogP contribution in [0.3, 0.4) is 0 Å². The molecule has 1 N–H and O–H groups in total. The van der Waals surface area contributed by atoms with Gasteiger partial charge in [-0.25, -0.2) is 0 Å². The molecule has 0 saturated heterocycles. The van der Waals surface area contributed by atoms with Crippen molar-refractivity contribution < 1.29 is 18.0 Å². The number of carbonyl (C=O) groups is 1. The maximum Gasteiger partial charge on any atom is 0.417 e.